The smallest absolute Gasteiger partial charge is 0.408 e. The van der Waals surface area contributed by atoms with Crippen molar-refractivity contribution in [3.63, 3.8) is 0 Å². The summed E-state index contributed by atoms with van der Waals surface area (Å²) < 4.78 is 10.8. The second-order valence-corrected chi connectivity index (χ2v) is 6.37. The van der Waals surface area contributed by atoms with Crippen molar-refractivity contribution in [1.82, 2.24) is 5.32 Å². The number of rotatable bonds is 3. The zero-order valence-electron chi connectivity index (χ0n) is 12.8. The quantitative estimate of drug-likeness (QED) is 0.897. The number of aliphatic hydroxyl groups is 1. The standard InChI is InChI=1S/C16H23NO4/c1-15(2,3)21-14(19)17-16(8-9-20-11-16)13-6-4-12(10-18)5-7-13/h4-7,18H,8-11H2,1-3H3,(H,17,19). The highest BCUT2D eigenvalue weighted by Gasteiger charge is 2.39. The summed E-state index contributed by atoms with van der Waals surface area (Å²) in [5, 5.41) is 12.1. The van der Waals surface area contributed by atoms with Crippen LogP contribution in [0.2, 0.25) is 0 Å². The predicted molar refractivity (Wildman–Crippen MR) is 78.8 cm³/mol. The molecule has 1 atom stereocenters. The Kier molecular flexibility index (Phi) is 4.54. The van der Waals surface area contributed by atoms with Gasteiger partial charge in [-0.15, -0.1) is 0 Å². The maximum absolute atomic E-state index is 12.1. The van der Waals surface area contributed by atoms with Gasteiger partial charge in [-0.1, -0.05) is 24.3 Å². The summed E-state index contributed by atoms with van der Waals surface area (Å²) in [6, 6.07) is 7.54. The van der Waals surface area contributed by atoms with Crippen LogP contribution in [0.5, 0.6) is 0 Å². The second kappa shape index (κ2) is 6.03. The van der Waals surface area contributed by atoms with Crippen LogP contribution < -0.4 is 5.32 Å². The number of aliphatic hydroxyl groups excluding tert-OH is 1. The minimum absolute atomic E-state index is 0.00325. The van der Waals surface area contributed by atoms with Crippen molar-refractivity contribution in [3.05, 3.63) is 35.4 Å². The summed E-state index contributed by atoms with van der Waals surface area (Å²) in [5.74, 6) is 0. The van der Waals surface area contributed by atoms with E-state index in [-0.39, 0.29) is 6.61 Å². The lowest BCUT2D eigenvalue weighted by Gasteiger charge is -2.31. The van der Waals surface area contributed by atoms with Crippen molar-refractivity contribution in [2.45, 2.75) is 44.9 Å². The van der Waals surface area contributed by atoms with Gasteiger partial charge in [0.2, 0.25) is 0 Å². The fourth-order valence-electron chi connectivity index (χ4n) is 2.39. The number of hydrogen-bond acceptors (Lipinski definition) is 4. The van der Waals surface area contributed by atoms with Gasteiger partial charge in [-0.3, -0.25) is 0 Å². The molecule has 5 heteroatoms. The van der Waals surface area contributed by atoms with E-state index in [9.17, 15) is 4.79 Å². The van der Waals surface area contributed by atoms with Crippen molar-refractivity contribution in [1.29, 1.82) is 0 Å². The minimum atomic E-state index is -0.559. The molecule has 1 aliphatic heterocycles. The van der Waals surface area contributed by atoms with E-state index in [4.69, 9.17) is 14.6 Å². The van der Waals surface area contributed by atoms with E-state index in [1.54, 1.807) is 0 Å². The van der Waals surface area contributed by atoms with Crippen LogP contribution in [0.25, 0.3) is 0 Å². The molecule has 0 radical (unpaired) electrons. The first-order valence-corrected chi connectivity index (χ1v) is 7.14. The lowest BCUT2D eigenvalue weighted by molar-refractivity contribution is 0.0437. The molecule has 2 rings (SSSR count). The van der Waals surface area contributed by atoms with E-state index in [0.29, 0.717) is 19.6 Å². The highest BCUT2D eigenvalue weighted by Crippen LogP contribution is 2.31. The topological polar surface area (TPSA) is 67.8 Å². The molecule has 1 fully saturated rings. The average Bonchev–Trinajstić information content (AvgIpc) is 2.86. The van der Waals surface area contributed by atoms with Crippen LogP contribution in [0.1, 0.15) is 38.3 Å². The highest BCUT2D eigenvalue weighted by molar-refractivity contribution is 5.69. The molecule has 1 aromatic carbocycles. The van der Waals surface area contributed by atoms with E-state index in [1.165, 1.54) is 0 Å². The number of alkyl carbamates (subject to hydrolysis) is 1. The summed E-state index contributed by atoms with van der Waals surface area (Å²) in [4.78, 5) is 12.1. The third-order valence-electron chi connectivity index (χ3n) is 3.45. The second-order valence-electron chi connectivity index (χ2n) is 6.37. The molecule has 0 saturated carbocycles. The van der Waals surface area contributed by atoms with Gasteiger partial charge in [-0.25, -0.2) is 4.79 Å². The van der Waals surface area contributed by atoms with Gasteiger partial charge in [-0.2, -0.15) is 0 Å². The normalized spacial score (nSPS) is 22.1. The fraction of sp³-hybridized carbons (Fsp3) is 0.562. The average molecular weight is 293 g/mol. The molecule has 1 unspecified atom stereocenters. The zero-order chi connectivity index (χ0) is 15.5. The van der Waals surface area contributed by atoms with E-state index in [2.05, 4.69) is 5.32 Å². The largest absolute Gasteiger partial charge is 0.444 e. The monoisotopic (exact) mass is 293 g/mol. The highest BCUT2D eigenvalue weighted by atomic mass is 16.6. The molecule has 1 aromatic rings. The van der Waals surface area contributed by atoms with Gasteiger partial charge in [0.25, 0.3) is 0 Å². The van der Waals surface area contributed by atoms with E-state index < -0.39 is 17.2 Å². The summed E-state index contributed by atoms with van der Waals surface area (Å²) in [6.07, 6.45) is 0.254. The van der Waals surface area contributed by atoms with Crippen molar-refractivity contribution in [2.24, 2.45) is 0 Å². The molecular formula is C16H23NO4. The molecule has 0 aromatic heterocycles. The first-order valence-electron chi connectivity index (χ1n) is 7.14. The summed E-state index contributed by atoms with van der Waals surface area (Å²) in [7, 11) is 0. The maximum Gasteiger partial charge on any atom is 0.408 e. The number of amides is 1. The number of nitrogens with one attached hydrogen (secondary N) is 1. The first kappa shape index (κ1) is 15.8. The van der Waals surface area contributed by atoms with Gasteiger partial charge in [0.05, 0.1) is 18.8 Å². The maximum atomic E-state index is 12.1. The zero-order valence-corrected chi connectivity index (χ0v) is 12.8. The van der Waals surface area contributed by atoms with Crippen LogP contribution >= 0.6 is 0 Å². The lowest BCUT2D eigenvalue weighted by atomic mass is 9.88. The molecule has 0 bridgehead atoms. The third kappa shape index (κ3) is 3.95. The summed E-state index contributed by atoms with van der Waals surface area (Å²) in [6.45, 7) is 6.52. The molecule has 21 heavy (non-hydrogen) atoms. The Hall–Kier alpha value is -1.59. The van der Waals surface area contributed by atoms with Crippen molar-refractivity contribution < 1.29 is 19.4 Å². The van der Waals surface area contributed by atoms with Gasteiger partial charge in [-0.05, 0) is 31.9 Å². The van der Waals surface area contributed by atoms with E-state index in [1.807, 2.05) is 45.0 Å². The minimum Gasteiger partial charge on any atom is -0.444 e. The van der Waals surface area contributed by atoms with Crippen LogP contribution in [0, 0.1) is 0 Å². The molecule has 1 saturated heterocycles. The molecule has 1 aliphatic rings. The van der Waals surface area contributed by atoms with Crippen molar-refractivity contribution in [3.8, 4) is 0 Å². The molecule has 2 N–H and O–H groups in total. The van der Waals surface area contributed by atoms with Crippen LogP contribution in [0.4, 0.5) is 4.79 Å². The Balaban J connectivity index is 2.18. The lowest BCUT2D eigenvalue weighted by Crippen LogP contribution is -2.48. The van der Waals surface area contributed by atoms with Crippen LogP contribution in [0.3, 0.4) is 0 Å². The molecule has 116 valence electrons. The summed E-state index contributed by atoms with van der Waals surface area (Å²) >= 11 is 0. The SMILES string of the molecule is CC(C)(C)OC(=O)NC1(c2ccc(CO)cc2)CCOC1. The molecular weight excluding hydrogens is 270 g/mol. The van der Waals surface area contributed by atoms with E-state index >= 15 is 0 Å². The molecule has 1 amide bonds. The molecule has 5 nitrogen and oxygen atoms in total. The number of carbonyl (C=O) groups is 1. The van der Waals surface area contributed by atoms with Gasteiger partial charge in [0.15, 0.2) is 0 Å². The number of benzene rings is 1. The van der Waals surface area contributed by atoms with Crippen molar-refractivity contribution in [2.75, 3.05) is 13.2 Å². The Morgan fingerprint density at radius 2 is 2.05 bits per heavy atom. The van der Waals surface area contributed by atoms with Crippen molar-refractivity contribution >= 4 is 6.09 Å². The van der Waals surface area contributed by atoms with Gasteiger partial charge >= 0.3 is 6.09 Å². The Morgan fingerprint density at radius 3 is 2.52 bits per heavy atom. The number of carbonyl (C=O) groups excluding carboxylic acids is 1. The number of ether oxygens (including phenoxy) is 2. The summed E-state index contributed by atoms with van der Waals surface area (Å²) in [5.41, 5.74) is 0.704. The Labute approximate surface area is 125 Å². The van der Waals surface area contributed by atoms with E-state index in [0.717, 1.165) is 11.1 Å². The number of hydrogen-bond donors (Lipinski definition) is 2. The molecule has 1 heterocycles. The van der Waals surface area contributed by atoms with Gasteiger partial charge in [0, 0.05) is 13.0 Å². The van der Waals surface area contributed by atoms with Gasteiger partial charge < -0.3 is 19.9 Å². The molecule has 0 aliphatic carbocycles. The van der Waals surface area contributed by atoms with Crippen LogP contribution in [-0.2, 0) is 21.6 Å². The first-order chi connectivity index (χ1) is 9.85. The predicted octanol–water partition coefficient (Wildman–Crippen LogP) is 2.32. The Morgan fingerprint density at radius 1 is 1.38 bits per heavy atom. The Bertz CT molecular complexity index is 484. The fourth-order valence-corrected chi connectivity index (χ4v) is 2.39. The molecule has 0 spiro atoms. The van der Waals surface area contributed by atoms with Crippen LogP contribution in [-0.4, -0.2) is 30.0 Å². The van der Waals surface area contributed by atoms with Crippen LogP contribution in [0.15, 0.2) is 24.3 Å². The third-order valence-corrected chi connectivity index (χ3v) is 3.45. The van der Waals surface area contributed by atoms with Gasteiger partial charge in [0.1, 0.15) is 5.60 Å².